The molecular formula is C14H12S2. The number of hydrogen-bond acceptors (Lipinski definition) is 2. The number of fused-ring (bicyclic) bond motifs is 3. The Morgan fingerprint density at radius 1 is 1.06 bits per heavy atom. The van der Waals surface area contributed by atoms with Gasteiger partial charge < -0.3 is 0 Å². The molecule has 1 heterocycles. The Morgan fingerprint density at radius 3 is 2.69 bits per heavy atom. The summed E-state index contributed by atoms with van der Waals surface area (Å²) < 4.78 is 2.78. The van der Waals surface area contributed by atoms with E-state index in [0.717, 1.165) is 5.75 Å². The molecule has 0 radical (unpaired) electrons. The number of aryl methyl sites for hydroxylation is 1. The highest BCUT2D eigenvalue weighted by molar-refractivity contribution is 7.79. The van der Waals surface area contributed by atoms with Gasteiger partial charge in [-0.1, -0.05) is 30.3 Å². The van der Waals surface area contributed by atoms with Crippen LogP contribution in [0.25, 0.3) is 20.2 Å². The average molecular weight is 244 g/mol. The lowest BCUT2D eigenvalue weighted by molar-refractivity contribution is 1.36. The first-order valence-electron chi connectivity index (χ1n) is 5.32. The molecule has 0 bridgehead atoms. The van der Waals surface area contributed by atoms with Crippen LogP contribution in [-0.4, -0.2) is 0 Å². The van der Waals surface area contributed by atoms with E-state index >= 15 is 0 Å². The Hall–Kier alpha value is -0.990. The number of thiophene rings is 1. The first kappa shape index (κ1) is 10.2. The molecule has 1 aromatic heterocycles. The van der Waals surface area contributed by atoms with Gasteiger partial charge in [-0.2, -0.15) is 12.6 Å². The lowest BCUT2D eigenvalue weighted by atomic mass is 10.1. The van der Waals surface area contributed by atoms with E-state index in [1.165, 1.54) is 31.3 Å². The second-order valence-electron chi connectivity index (χ2n) is 3.98. The maximum absolute atomic E-state index is 4.37. The molecule has 0 nitrogen and oxygen atoms in total. The van der Waals surface area contributed by atoms with E-state index < -0.39 is 0 Å². The molecule has 0 saturated heterocycles. The van der Waals surface area contributed by atoms with Gasteiger partial charge in [-0.25, -0.2) is 0 Å². The summed E-state index contributed by atoms with van der Waals surface area (Å²) in [7, 11) is 0. The van der Waals surface area contributed by atoms with E-state index in [-0.39, 0.29) is 0 Å². The summed E-state index contributed by atoms with van der Waals surface area (Å²) in [5.41, 5.74) is 2.72. The summed E-state index contributed by atoms with van der Waals surface area (Å²) in [5, 5.41) is 2.75. The molecule has 0 spiro atoms. The highest BCUT2D eigenvalue weighted by atomic mass is 32.1. The maximum atomic E-state index is 4.37. The minimum absolute atomic E-state index is 0.815. The average Bonchev–Trinajstić information content (AvgIpc) is 2.69. The zero-order valence-electron chi connectivity index (χ0n) is 9.03. The highest BCUT2D eigenvalue weighted by Crippen LogP contribution is 2.36. The van der Waals surface area contributed by atoms with E-state index in [2.05, 4.69) is 56.0 Å². The van der Waals surface area contributed by atoms with Gasteiger partial charge in [-0.3, -0.25) is 0 Å². The lowest BCUT2D eigenvalue weighted by Crippen LogP contribution is -1.83. The normalized spacial score (nSPS) is 11.4. The number of benzene rings is 2. The molecule has 0 saturated carbocycles. The van der Waals surface area contributed by atoms with Crippen molar-refractivity contribution in [1.29, 1.82) is 0 Å². The largest absolute Gasteiger partial charge is 0.175 e. The van der Waals surface area contributed by atoms with Crippen LogP contribution >= 0.6 is 24.0 Å². The van der Waals surface area contributed by atoms with Crippen LogP contribution in [0.4, 0.5) is 0 Å². The van der Waals surface area contributed by atoms with Crippen LogP contribution in [0.3, 0.4) is 0 Å². The summed E-state index contributed by atoms with van der Waals surface area (Å²) in [5.74, 6) is 0.815. The standard InChI is InChI=1S/C14H12S2/c1-9-10(8-15)6-7-12-11-4-2-3-5-13(11)16-14(9)12/h2-7,15H,8H2,1H3. The Kier molecular flexibility index (Phi) is 2.41. The van der Waals surface area contributed by atoms with Crippen LogP contribution in [-0.2, 0) is 5.75 Å². The van der Waals surface area contributed by atoms with Gasteiger partial charge in [-0.05, 0) is 24.1 Å². The molecule has 0 aliphatic carbocycles. The third-order valence-corrected chi connectivity index (χ3v) is 4.72. The minimum Gasteiger partial charge on any atom is -0.175 e. The van der Waals surface area contributed by atoms with Crippen LogP contribution in [0.5, 0.6) is 0 Å². The predicted octanol–water partition coefficient (Wildman–Crippen LogP) is 4.79. The number of hydrogen-bond donors (Lipinski definition) is 1. The Morgan fingerprint density at radius 2 is 1.88 bits per heavy atom. The lowest BCUT2D eigenvalue weighted by Gasteiger charge is -2.02. The van der Waals surface area contributed by atoms with Crippen molar-refractivity contribution in [3.05, 3.63) is 47.5 Å². The van der Waals surface area contributed by atoms with Gasteiger partial charge in [0.25, 0.3) is 0 Å². The van der Waals surface area contributed by atoms with Crippen LogP contribution in [0.15, 0.2) is 36.4 Å². The molecule has 80 valence electrons. The molecule has 0 fully saturated rings. The second-order valence-corrected chi connectivity index (χ2v) is 5.35. The van der Waals surface area contributed by atoms with Gasteiger partial charge in [0.15, 0.2) is 0 Å². The summed E-state index contributed by atoms with van der Waals surface area (Å²) in [4.78, 5) is 0. The summed E-state index contributed by atoms with van der Waals surface area (Å²) >= 11 is 6.26. The molecule has 3 rings (SSSR count). The summed E-state index contributed by atoms with van der Waals surface area (Å²) in [6.07, 6.45) is 0. The van der Waals surface area contributed by atoms with E-state index in [1.54, 1.807) is 0 Å². The van der Waals surface area contributed by atoms with Gasteiger partial charge >= 0.3 is 0 Å². The second kappa shape index (κ2) is 3.79. The van der Waals surface area contributed by atoms with Crippen LogP contribution < -0.4 is 0 Å². The number of thiol groups is 1. The molecule has 0 aliphatic rings. The SMILES string of the molecule is Cc1c(CS)ccc2c1sc1ccccc12. The quantitative estimate of drug-likeness (QED) is 0.584. The van der Waals surface area contributed by atoms with Gasteiger partial charge in [0, 0.05) is 25.9 Å². The fourth-order valence-corrected chi connectivity index (χ4v) is 3.70. The molecule has 3 aromatic rings. The zero-order valence-corrected chi connectivity index (χ0v) is 10.7. The van der Waals surface area contributed by atoms with Gasteiger partial charge in [0.1, 0.15) is 0 Å². The van der Waals surface area contributed by atoms with Crippen molar-refractivity contribution < 1.29 is 0 Å². The Bertz CT molecular complexity index is 665. The molecule has 0 amide bonds. The van der Waals surface area contributed by atoms with E-state index in [0.29, 0.717) is 0 Å². The van der Waals surface area contributed by atoms with Crippen LogP contribution in [0.1, 0.15) is 11.1 Å². The molecule has 0 aliphatic heterocycles. The zero-order chi connectivity index (χ0) is 11.1. The Labute approximate surface area is 104 Å². The third-order valence-electron chi connectivity index (χ3n) is 3.08. The van der Waals surface area contributed by atoms with Crippen molar-refractivity contribution in [3.63, 3.8) is 0 Å². The predicted molar refractivity (Wildman–Crippen MR) is 76.8 cm³/mol. The fraction of sp³-hybridized carbons (Fsp3) is 0.143. The van der Waals surface area contributed by atoms with Crippen molar-refractivity contribution in [2.24, 2.45) is 0 Å². The third kappa shape index (κ3) is 1.37. The van der Waals surface area contributed by atoms with E-state index in [1.807, 2.05) is 11.3 Å². The first-order chi connectivity index (χ1) is 7.81. The van der Waals surface area contributed by atoms with Gasteiger partial charge in [0.2, 0.25) is 0 Å². The van der Waals surface area contributed by atoms with Crippen molar-refractivity contribution in [2.75, 3.05) is 0 Å². The number of rotatable bonds is 1. The maximum Gasteiger partial charge on any atom is 0.0387 e. The van der Waals surface area contributed by atoms with E-state index in [4.69, 9.17) is 0 Å². The van der Waals surface area contributed by atoms with Crippen LogP contribution in [0, 0.1) is 6.92 Å². The van der Waals surface area contributed by atoms with Gasteiger partial charge in [-0.15, -0.1) is 11.3 Å². The van der Waals surface area contributed by atoms with Gasteiger partial charge in [0.05, 0.1) is 0 Å². The molecule has 2 aromatic carbocycles. The molecule has 2 heteroatoms. The smallest absolute Gasteiger partial charge is 0.0387 e. The monoisotopic (exact) mass is 244 g/mol. The summed E-state index contributed by atoms with van der Waals surface area (Å²) in [6.45, 7) is 2.20. The molecule has 0 unspecified atom stereocenters. The molecule has 0 N–H and O–H groups in total. The van der Waals surface area contributed by atoms with E-state index in [9.17, 15) is 0 Å². The molecule has 16 heavy (non-hydrogen) atoms. The van der Waals surface area contributed by atoms with Crippen molar-refractivity contribution in [3.8, 4) is 0 Å². The molecule has 0 atom stereocenters. The van der Waals surface area contributed by atoms with Crippen molar-refractivity contribution in [1.82, 2.24) is 0 Å². The first-order valence-corrected chi connectivity index (χ1v) is 6.77. The topological polar surface area (TPSA) is 0 Å². The molecular weight excluding hydrogens is 232 g/mol. The highest BCUT2D eigenvalue weighted by Gasteiger charge is 2.08. The van der Waals surface area contributed by atoms with Crippen molar-refractivity contribution in [2.45, 2.75) is 12.7 Å². The summed E-state index contributed by atoms with van der Waals surface area (Å²) in [6, 6.07) is 13.0. The fourth-order valence-electron chi connectivity index (χ4n) is 2.14. The minimum atomic E-state index is 0.815. The van der Waals surface area contributed by atoms with Crippen molar-refractivity contribution >= 4 is 44.1 Å². The Balaban J connectivity index is 2.49. The van der Waals surface area contributed by atoms with Crippen LogP contribution in [0.2, 0.25) is 0 Å².